The monoisotopic (exact) mass is 206 g/mol. The Labute approximate surface area is 88.8 Å². The quantitative estimate of drug-likeness (QED) is 0.539. The smallest absolute Gasteiger partial charge is 0.160 e. The molecule has 0 saturated heterocycles. The molecule has 0 aliphatic rings. The van der Waals surface area contributed by atoms with Crippen molar-refractivity contribution in [1.82, 2.24) is 0 Å². The van der Waals surface area contributed by atoms with Crippen LogP contribution in [0.4, 0.5) is 0 Å². The van der Waals surface area contributed by atoms with Gasteiger partial charge in [-0.1, -0.05) is 25.2 Å². The van der Waals surface area contributed by atoms with Crippen molar-refractivity contribution in [3.8, 4) is 0 Å². The molecular weight excluding hydrogens is 192 g/mol. The second kappa shape index (κ2) is 5.55. The first kappa shape index (κ1) is 10.9. The second-order valence-corrected chi connectivity index (χ2v) is 3.99. The Kier molecular flexibility index (Phi) is 4.33. The highest BCUT2D eigenvalue weighted by molar-refractivity contribution is 7.14. The summed E-state index contributed by atoms with van der Waals surface area (Å²) in [6, 6.07) is 3.85. The van der Waals surface area contributed by atoms with Crippen molar-refractivity contribution in [3.63, 3.8) is 0 Å². The maximum Gasteiger partial charge on any atom is 0.160 e. The van der Waals surface area contributed by atoms with Crippen molar-refractivity contribution in [2.45, 2.75) is 20.3 Å². The van der Waals surface area contributed by atoms with E-state index >= 15 is 0 Å². The lowest BCUT2D eigenvalue weighted by molar-refractivity contribution is 0.112. The zero-order chi connectivity index (χ0) is 10.4. The molecule has 0 fully saturated rings. The van der Waals surface area contributed by atoms with Crippen LogP contribution in [0.5, 0.6) is 0 Å². The van der Waals surface area contributed by atoms with Crippen LogP contribution in [0.25, 0.3) is 5.57 Å². The minimum Gasteiger partial charge on any atom is -0.297 e. The van der Waals surface area contributed by atoms with Gasteiger partial charge in [0.25, 0.3) is 0 Å². The highest BCUT2D eigenvalue weighted by Gasteiger charge is 2.00. The van der Waals surface area contributed by atoms with E-state index in [2.05, 4.69) is 25.2 Å². The Morgan fingerprint density at radius 1 is 1.50 bits per heavy atom. The highest BCUT2D eigenvalue weighted by Crippen LogP contribution is 2.24. The van der Waals surface area contributed by atoms with Gasteiger partial charge in [0, 0.05) is 4.88 Å². The minimum absolute atomic E-state index is 0.782. The van der Waals surface area contributed by atoms with E-state index in [-0.39, 0.29) is 0 Å². The summed E-state index contributed by atoms with van der Waals surface area (Å²) in [7, 11) is 0. The molecule has 1 aromatic rings. The summed E-state index contributed by atoms with van der Waals surface area (Å²) in [6.07, 6.45) is 8.21. The van der Waals surface area contributed by atoms with E-state index in [0.717, 1.165) is 22.5 Å². The van der Waals surface area contributed by atoms with Gasteiger partial charge in [0.05, 0.1) is 4.88 Å². The van der Waals surface area contributed by atoms with Crippen LogP contribution in [0.1, 0.15) is 34.8 Å². The molecule has 0 bridgehead atoms. The Bertz CT molecular complexity index is 358. The molecule has 0 saturated carbocycles. The number of thiophene rings is 1. The topological polar surface area (TPSA) is 17.1 Å². The fraction of sp³-hybridized carbons (Fsp3) is 0.250. The molecule has 1 aromatic heterocycles. The van der Waals surface area contributed by atoms with Gasteiger partial charge in [0.15, 0.2) is 6.29 Å². The lowest BCUT2D eigenvalue weighted by Gasteiger charge is -1.95. The number of allylic oxidation sites excluding steroid dienone is 4. The maximum absolute atomic E-state index is 10.5. The molecule has 0 N–H and O–H groups in total. The molecule has 1 nitrogen and oxygen atoms in total. The van der Waals surface area contributed by atoms with Gasteiger partial charge in [0.1, 0.15) is 0 Å². The molecular formula is C12H14OS. The lowest BCUT2D eigenvalue weighted by atomic mass is 10.2. The fourth-order valence-electron chi connectivity index (χ4n) is 1.14. The molecule has 14 heavy (non-hydrogen) atoms. The first-order valence-electron chi connectivity index (χ1n) is 4.70. The van der Waals surface area contributed by atoms with Crippen LogP contribution in [0, 0.1) is 0 Å². The van der Waals surface area contributed by atoms with E-state index in [0.29, 0.717) is 0 Å². The van der Waals surface area contributed by atoms with Crippen LogP contribution < -0.4 is 0 Å². The molecule has 0 amide bonds. The average Bonchev–Trinajstić information content (AvgIpc) is 2.68. The Morgan fingerprint density at radius 2 is 2.29 bits per heavy atom. The largest absolute Gasteiger partial charge is 0.297 e. The van der Waals surface area contributed by atoms with Gasteiger partial charge in [-0.3, -0.25) is 4.79 Å². The number of carbonyl (C=O) groups is 1. The fourth-order valence-corrected chi connectivity index (χ4v) is 2.01. The number of hydrogen-bond donors (Lipinski definition) is 0. The van der Waals surface area contributed by atoms with Crippen LogP contribution in [0.15, 0.2) is 30.4 Å². The molecule has 1 heterocycles. The summed E-state index contributed by atoms with van der Waals surface area (Å²) in [4.78, 5) is 12.5. The predicted octanol–water partition coefficient (Wildman–Crippen LogP) is 3.93. The summed E-state index contributed by atoms with van der Waals surface area (Å²) in [5.74, 6) is 0. The predicted molar refractivity (Wildman–Crippen MR) is 62.8 cm³/mol. The van der Waals surface area contributed by atoms with Crippen molar-refractivity contribution < 1.29 is 4.79 Å². The van der Waals surface area contributed by atoms with Gasteiger partial charge in [-0.2, -0.15) is 0 Å². The zero-order valence-electron chi connectivity index (χ0n) is 8.49. The number of aldehydes is 1. The molecule has 0 spiro atoms. The highest BCUT2D eigenvalue weighted by atomic mass is 32.1. The molecule has 2 heteroatoms. The molecule has 0 aliphatic heterocycles. The molecule has 0 unspecified atom stereocenters. The minimum atomic E-state index is 0.782. The van der Waals surface area contributed by atoms with Crippen LogP contribution in [-0.4, -0.2) is 6.29 Å². The summed E-state index contributed by atoms with van der Waals surface area (Å²) in [5, 5.41) is 0. The number of carbonyl (C=O) groups excluding carboxylic acids is 1. The summed E-state index contributed by atoms with van der Waals surface area (Å²) in [6.45, 7) is 4.12. The van der Waals surface area contributed by atoms with Crippen LogP contribution in [-0.2, 0) is 0 Å². The van der Waals surface area contributed by atoms with E-state index in [1.165, 1.54) is 16.9 Å². The standard InChI is InChI=1S/C12H14OS/c1-3-5-6-10(4-2)12-8-7-11(9-13)14-12/h4-9H,3H2,1-2H3. The SMILES string of the molecule is CC=C(C=CCC)c1ccc(C=O)s1. The van der Waals surface area contributed by atoms with Gasteiger partial charge < -0.3 is 0 Å². The van der Waals surface area contributed by atoms with Crippen molar-refractivity contribution in [2.75, 3.05) is 0 Å². The third kappa shape index (κ3) is 2.67. The summed E-state index contributed by atoms with van der Waals surface area (Å²) < 4.78 is 0. The van der Waals surface area contributed by atoms with Crippen LogP contribution in [0.3, 0.4) is 0 Å². The van der Waals surface area contributed by atoms with E-state index in [9.17, 15) is 4.79 Å². The van der Waals surface area contributed by atoms with Gasteiger partial charge >= 0.3 is 0 Å². The summed E-state index contributed by atoms with van der Waals surface area (Å²) in [5.41, 5.74) is 1.19. The normalized spacial score (nSPS) is 12.3. The van der Waals surface area contributed by atoms with Gasteiger partial charge in [-0.25, -0.2) is 0 Å². The van der Waals surface area contributed by atoms with E-state index < -0.39 is 0 Å². The maximum atomic E-state index is 10.5. The zero-order valence-corrected chi connectivity index (χ0v) is 9.30. The molecule has 0 aliphatic carbocycles. The Morgan fingerprint density at radius 3 is 2.79 bits per heavy atom. The molecule has 1 rings (SSSR count). The van der Waals surface area contributed by atoms with Crippen molar-refractivity contribution in [1.29, 1.82) is 0 Å². The third-order valence-electron chi connectivity index (χ3n) is 1.87. The van der Waals surface area contributed by atoms with Gasteiger partial charge in [0.2, 0.25) is 0 Å². The molecule has 0 radical (unpaired) electrons. The van der Waals surface area contributed by atoms with Gasteiger partial charge in [-0.05, 0) is 31.1 Å². The third-order valence-corrected chi connectivity index (χ3v) is 2.93. The van der Waals surface area contributed by atoms with Crippen LogP contribution in [0.2, 0.25) is 0 Å². The average molecular weight is 206 g/mol. The van der Waals surface area contributed by atoms with Crippen molar-refractivity contribution in [3.05, 3.63) is 40.1 Å². The van der Waals surface area contributed by atoms with Gasteiger partial charge in [-0.15, -0.1) is 11.3 Å². The molecule has 0 aromatic carbocycles. The van der Waals surface area contributed by atoms with E-state index in [1.807, 2.05) is 19.1 Å². The Hall–Kier alpha value is -1.15. The van der Waals surface area contributed by atoms with Crippen molar-refractivity contribution >= 4 is 23.2 Å². The first-order valence-corrected chi connectivity index (χ1v) is 5.51. The van der Waals surface area contributed by atoms with Crippen LogP contribution >= 0.6 is 11.3 Å². The number of hydrogen-bond acceptors (Lipinski definition) is 2. The van der Waals surface area contributed by atoms with E-state index in [4.69, 9.17) is 0 Å². The first-order chi connectivity index (χ1) is 6.81. The van der Waals surface area contributed by atoms with E-state index in [1.54, 1.807) is 0 Å². The number of rotatable bonds is 4. The second-order valence-electron chi connectivity index (χ2n) is 2.87. The summed E-state index contributed by atoms with van der Waals surface area (Å²) >= 11 is 1.53. The Balaban J connectivity index is 2.90. The van der Waals surface area contributed by atoms with Crippen molar-refractivity contribution in [2.24, 2.45) is 0 Å². The lowest BCUT2D eigenvalue weighted by Crippen LogP contribution is -1.72. The molecule has 0 atom stereocenters. The molecule has 74 valence electrons.